The van der Waals surface area contributed by atoms with Gasteiger partial charge in [-0.05, 0) is 46.5 Å². The molecule has 84 valence electrons. The zero-order valence-electron chi connectivity index (χ0n) is 8.50. The van der Waals surface area contributed by atoms with Gasteiger partial charge in [-0.1, -0.05) is 12.1 Å². The lowest BCUT2D eigenvalue weighted by Gasteiger charge is -1.97. The smallest absolute Gasteiger partial charge is 0.157 e. The normalized spacial score (nSPS) is 10.9. The Morgan fingerprint density at radius 3 is 2.94 bits per heavy atom. The molecule has 6 heteroatoms. The van der Waals surface area contributed by atoms with Crippen molar-refractivity contribution in [2.75, 3.05) is 0 Å². The monoisotopic (exact) mass is 371 g/mol. The van der Waals surface area contributed by atoms with Crippen LogP contribution in [0.5, 0.6) is 0 Å². The van der Waals surface area contributed by atoms with Crippen LogP contribution >= 0.6 is 45.7 Å². The molecular weight excluding hydrogens is 365 g/mol. The van der Waals surface area contributed by atoms with Crippen molar-refractivity contribution in [1.29, 1.82) is 0 Å². The zero-order chi connectivity index (χ0) is 11.7. The molecule has 3 rings (SSSR count). The van der Waals surface area contributed by atoms with Crippen LogP contribution in [0, 0.1) is 3.57 Å². The van der Waals surface area contributed by atoms with Gasteiger partial charge >= 0.3 is 0 Å². The molecule has 2 heterocycles. The molecule has 0 radical (unpaired) electrons. The van der Waals surface area contributed by atoms with E-state index in [0.29, 0.717) is 0 Å². The maximum Gasteiger partial charge on any atom is 0.157 e. The molecule has 0 unspecified atom stereocenters. The van der Waals surface area contributed by atoms with Crippen molar-refractivity contribution < 1.29 is 0 Å². The molecule has 3 aromatic rings. The van der Waals surface area contributed by atoms with Crippen LogP contribution in [0.15, 0.2) is 46.2 Å². The molecule has 0 amide bonds. The van der Waals surface area contributed by atoms with E-state index in [1.807, 2.05) is 24.4 Å². The van der Waals surface area contributed by atoms with E-state index < -0.39 is 0 Å². The van der Waals surface area contributed by atoms with Crippen molar-refractivity contribution in [2.45, 2.75) is 9.37 Å². The Kier molecular flexibility index (Phi) is 3.26. The molecule has 0 bridgehead atoms. The summed E-state index contributed by atoms with van der Waals surface area (Å²) in [4.78, 5) is 12.8. The second kappa shape index (κ2) is 4.87. The maximum atomic E-state index is 4.57. The molecule has 2 aromatic heterocycles. The zero-order valence-corrected chi connectivity index (χ0v) is 12.3. The van der Waals surface area contributed by atoms with Crippen molar-refractivity contribution in [3.8, 4) is 0 Å². The van der Waals surface area contributed by atoms with Crippen molar-refractivity contribution >= 4 is 55.9 Å². The second-order valence-corrected chi connectivity index (χ2v) is 6.65. The van der Waals surface area contributed by atoms with Crippen molar-refractivity contribution in [1.82, 2.24) is 15.0 Å². The third-order valence-electron chi connectivity index (χ3n) is 2.09. The molecule has 0 atom stereocenters. The molecule has 0 aliphatic rings. The Bertz CT molecular complexity index is 635. The molecule has 3 nitrogen and oxygen atoms in total. The number of halogens is 1. The van der Waals surface area contributed by atoms with Gasteiger partial charge in [0, 0.05) is 6.20 Å². The number of hydrogen-bond acceptors (Lipinski definition) is 5. The van der Waals surface area contributed by atoms with Crippen LogP contribution in [-0.2, 0) is 0 Å². The van der Waals surface area contributed by atoms with Gasteiger partial charge in [0.1, 0.15) is 11.4 Å². The third-order valence-corrected chi connectivity index (χ3v) is 5.36. The quantitative estimate of drug-likeness (QED) is 0.507. The number of fused-ring (bicyclic) bond motifs is 1. The number of benzene rings is 1. The van der Waals surface area contributed by atoms with E-state index in [4.69, 9.17) is 0 Å². The predicted octanol–water partition coefficient (Wildman–Crippen LogP) is 3.84. The molecule has 1 aromatic carbocycles. The van der Waals surface area contributed by atoms with Gasteiger partial charge in [0.05, 0.1) is 13.8 Å². The molecule has 0 N–H and O–H groups in total. The molecule has 17 heavy (non-hydrogen) atoms. The minimum absolute atomic E-state index is 0.958. The van der Waals surface area contributed by atoms with Crippen LogP contribution in [-0.4, -0.2) is 15.0 Å². The highest BCUT2D eigenvalue weighted by Crippen LogP contribution is 2.34. The Labute approximate surface area is 120 Å². The Balaban J connectivity index is 1.98. The Hall–Kier alpha value is -0.730. The molecule has 0 saturated heterocycles. The van der Waals surface area contributed by atoms with Gasteiger partial charge in [0.2, 0.25) is 0 Å². The number of nitrogens with zero attached hydrogens (tertiary/aromatic N) is 3. The fraction of sp³-hybridized carbons (Fsp3) is 0. The lowest BCUT2D eigenvalue weighted by molar-refractivity contribution is 1.02. The molecule has 0 fully saturated rings. The number of aromatic nitrogens is 3. The summed E-state index contributed by atoms with van der Waals surface area (Å²) in [5, 5.41) is 0.958. The van der Waals surface area contributed by atoms with Crippen molar-refractivity contribution in [3.05, 3.63) is 40.4 Å². The van der Waals surface area contributed by atoms with E-state index in [9.17, 15) is 0 Å². The SMILES string of the molecule is Ic1cncnc1Sc1nc2ccccc2s1. The minimum atomic E-state index is 0.958. The number of para-hydroxylation sites is 1. The van der Waals surface area contributed by atoms with Crippen LogP contribution in [0.3, 0.4) is 0 Å². The van der Waals surface area contributed by atoms with Crippen LogP contribution in [0.4, 0.5) is 0 Å². The van der Waals surface area contributed by atoms with Crippen molar-refractivity contribution in [3.63, 3.8) is 0 Å². The number of hydrogen-bond donors (Lipinski definition) is 0. The van der Waals surface area contributed by atoms with Crippen molar-refractivity contribution in [2.24, 2.45) is 0 Å². The summed E-state index contributed by atoms with van der Waals surface area (Å²) in [6.07, 6.45) is 3.38. The van der Waals surface area contributed by atoms with Gasteiger partial charge in [0.15, 0.2) is 4.34 Å². The van der Waals surface area contributed by atoms with Gasteiger partial charge in [-0.15, -0.1) is 11.3 Å². The third kappa shape index (κ3) is 2.43. The summed E-state index contributed by atoms with van der Waals surface area (Å²) >= 11 is 5.51. The summed E-state index contributed by atoms with van der Waals surface area (Å²) in [6, 6.07) is 8.15. The van der Waals surface area contributed by atoms with Gasteiger partial charge < -0.3 is 0 Å². The summed E-state index contributed by atoms with van der Waals surface area (Å²) in [6.45, 7) is 0. The largest absolute Gasteiger partial charge is 0.244 e. The van der Waals surface area contributed by atoms with Gasteiger partial charge in [-0.2, -0.15) is 0 Å². The summed E-state index contributed by atoms with van der Waals surface area (Å²) in [7, 11) is 0. The van der Waals surface area contributed by atoms with Crippen LogP contribution < -0.4 is 0 Å². The lowest BCUT2D eigenvalue weighted by atomic mass is 10.3. The van der Waals surface area contributed by atoms with E-state index in [1.54, 1.807) is 29.4 Å². The van der Waals surface area contributed by atoms with E-state index in [-0.39, 0.29) is 0 Å². The molecular formula is C11H6IN3S2. The molecule has 0 saturated carbocycles. The lowest BCUT2D eigenvalue weighted by Crippen LogP contribution is -1.85. The average molecular weight is 371 g/mol. The first-order valence-corrected chi connectivity index (χ1v) is 7.53. The minimum Gasteiger partial charge on any atom is -0.244 e. The van der Waals surface area contributed by atoms with Crippen LogP contribution in [0.1, 0.15) is 0 Å². The predicted molar refractivity (Wildman–Crippen MR) is 78.5 cm³/mol. The number of thiazole rings is 1. The van der Waals surface area contributed by atoms with E-state index >= 15 is 0 Å². The van der Waals surface area contributed by atoms with Gasteiger partial charge in [-0.3, -0.25) is 0 Å². The van der Waals surface area contributed by atoms with E-state index in [2.05, 4.69) is 43.6 Å². The second-order valence-electron chi connectivity index (χ2n) is 3.23. The highest BCUT2D eigenvalue weighted by molar-refractivity contribution is 14.1. The topological polar surface area (TPSA) is 38.7 Å². The fourth-order valence-corrected chi connectivity index (χ4v) is 3.91. The molecule has 0 aliphatic carbocycles. The highest BCUT2D eigenvalue weighted by Gasteiger charge is 2.08. The number of rotatable bonds is 2. The van der Waals surface area contributed by atoms with Crippen LogP contribution in [0.25, 0.3) is 10.2 Å². The van der Waals surface area contributed by atoms with E-state index in [1.165, 1.54) is 4.70 Å². The first-order chi connectivity index (χ1) is 8.33. The van der Waals surface area contributed by atoms with E-state index in [0.717, 1.165) is 18.5 Å². The average Bonchev–Trinajstić information content (AvgIpc) is 2.74. The summed E-state index contributed by atoms with van der Waals surface area (Å²) < 4.78 is 3.27. The standard InChI is InChI=1S/C11H6IN3S2/c12-7-5-13-6-14-10(7)17-11-15-8-3-1-2-4-9(8)16-11/h1-6H. The van der Waals surface area contributed by atoms with Gasteiger partial charge in [-0.25, -0.2) is 15.0 Å². The van der Waals surface area contributed by atoms with Gasteiger partial charge in [0.25, 0.3) is 0 Å². The fourth-order valence-electron chi connectivity index (χ4n) is 1.35. The Morgan fingerprint density at radius 2 is 2.12 bits per heavy atom. The molecule has 0 aliphatic heterocycles. The summed E-state index contributed by atoms with van der Waals surface area (Å²) in [5.41, 5.74) is 1.05. The highest BCUT2D eigenvalue weighted by atomic mass is 127. The first-order valence-electron chi connectivity index (χ1n) is 4.82. The maximum absolute atomic E-state index is 4.57. The van der Waals surface area contributed by atoms with Crippen LogP contribution in [0.2, 0.25) is 0 Å². The first kappa shape index (κ1) is 11.4. The Morgan fingerprint density at radius 1 is 1.24 bits per heavy atom. The molecule has 0 spiro atoms. The summed E-state index contributed by atoms with van der Waals surface area (Å²) in [5.74, 6) is 0.